The van der Waals surface area contributed by atoms with Gasteiger partial charge in [0.15, 0.2) is 17.4 Å². The van der Waals surface area contributed by atoms with Gasteiger partial charge in [0.2, 0.25) is 0 Å². The molecule has 6 rings (SSSR count). The van der Waals surface area contributed by atoms with Crippen LogP contribution in [0, 0.1) is 34.2 Å². The van der Waals surface area contributed by atoms with Crippen LogP contribution in [0.4, 0.5) is 13.2 Å². The first kappa shape index (κ1) is 28.7. The third-order valence-corrected chi connectivity index (χ3v) is 8.13. The minimum Gasteiger partial charge on any atom is -0.484 e. The number of pyridine rings is 1. The Hall–Kier alpha value is -4.40. The normalized spacial score (nSPS) is 15.8. The zero-order chi connectivity index (χ0) is 30.3. The predicted molar refractivity (Wildman–Crippen MR) is 152 cm³/mol. The van der Waals surface area contributed by atoms with E-state index in [2.05, 4.69) is 20.9 Å². The molecule has 12 heteroatoms. The number of rotatable bonds is 10. The maximum Gasteiger partial charge on any atom is 0.335 e. The van der Waals surface area contributed by atoms with E-state index in [0.717, 1.165) is 30.5 Å². The summed E-state index contributed by atoms with van der Waals surface area (Å²) in [7, 11) is 0. The number of hydrogen-bond acceptors (Lipinski definition) is 6. The van der Waals surface area contributed by atoms with E-state index in [-0.39, 0.29) is 39.6 Å². The first-order valence-electron chi connectivity index (χ1n) is 13.6. The first-order chi connectivity index (χ1) is 20.6. The van der Waals surface area contributed by atoms with E-state index in [4.69, 9.17) is 16.3 Å². The molecule has 0 spiro atoms. The molecule has 4 aromatic rings. The van der Waals surface area contributed by atoms with E-state index in [1.165, 1.54) is 24.3 Å². The van der Waals surface area contributed by atoms with E-state index >= 15 is 0 Å². The number of nitriles is 1. The minimum absolute atomic E-state index is 0.0185. The molecular weight excluding hydrogens is 583 g/mol. The van der Waals surface area contributed by atoms with Crippen molar-refractivity contribution in [3.63, 3.8) is 0 Å². The summed E-state index contributed by atoms with van der Waals surface area (Å²) in [6.45, 7) is 1.44. The van der Waals surface area contributed by atoms with E-state index in [9.17, 15) is 28.3 Å². The molecule has 1 aliphatic heterocycles. The summed E-state index contributed by atoms with van der Waals surface area (Å²) in [5, 5.41) is 19.1. The second-order valence-electron chi connectivity index (χ2n) is 11.0. The molecule has 8 nitrogen and oxygen atoms in total. The Morgan fingerprint density at radius 3 is 2.63 bits per heavy atom. The summed E-state index contributed by atoms with van der Waals surface area (Å²) < 4.78 is 50.9. The fourth-order valence-corrected chi connectivity index (χ4v) is 5.50. The van der Waals surface area contributed by atoms with Gasteiger partial charge in [-0.1, -0.05) is 17.7 Å². The number of carboxylic acid groups (broad SMARTS) is 1. The highest BCUT2D eigenvalue weighted by Crippen LogP contribution is 2.50. The fraction of sp³-hybridized carbons (Fsp3) is 0.290. The molecule has 2 aliphatic rings. The molecule has 0 amide bonds. The zero-order valence-corrected chi connectivity index (χ0v) is 23.5. The van der Waals surface area contributed by atoms with Crippen LogP contribution in [0.5, 0.6) is 5.75 Å². The molecule has 0 bridgehead atoms. The number of aromatic nitrogens is 3. The third-order valence-electron chi connectivity index (χ3n) is 7.90. The van der Waals surface area contributed by atoms with Crippen LogP contribution in [0.1, 0.15) is 46.8 Å². The Kier molecular flexibility index (Phi) is 7.58. The molecule has 2 aromatic carbocycles. The number of benzene rings is 2. The van der Waals surface area contributed by atoms with Crippen molar-refractivity contribution in [1.29, 1.82) is 5.26 Å². The maximum atomic E-state index is 15.0. The number of halogens is 4. The summed E-state index contributed by atoms with van der Waals surface area (Å²) in [6, 6.07) is 11.4. The van der Waals surface area contributed by atoms with Gasteiger partial charge >= 0.3 is 5.97 Å². The number of aromatic carboxylic acids is 1. The topological polar surface area (TPSA) is 104 Å². The molecule has 1 aliphatic carbocycles. The number of carboxylic acids is 1. The molecule has 1 saturated carbocycles. The zero-order valence-electron chi connectivity index (χ0n) is 22.8. The van der Waals surface area contributed by atoms with Crippen molar-refractivity contribution in [3.8, 4) is 11.8 Å². The maximum absolute atomic E-state index is 15.0. The van der Waals surface area contributed by atoms with Gasteiger partial charge in [-0.05, 0) is 60.9 Å². The Labute approximate surface area is 249 Å². The van der Waals surface area contributed by atoms with Crippen LogP contribution in [0.25, 0.3) is 16.6 Å². The standard InChI is InChI=1S/C31H25ClF3N5O3/c32-20-1-4-27(22(34)13-20)43-16-25-21(33)2-3-24(37-25)18-5-10-39(14-18)15-28-38-29-23(35)11-19(30(41)42)12-26(29)40(28)17-31(6-7-31)8-9-36/h1-5,11-13H,6-8,10,14-17H2,(H,41,42). The lowest BCUT2D eigenvalue weighted by molar-refractivity contribution is 0.0696. The molecule has 0 radical (unpaired) electrons. The molecule has 1 N–H and O–H groups in total. The lowest BCUT2D eigenvalue weighted by Crippen LogP contribution is -2.24. The Balaban J connectivity index is 1.21. The second kappa shape index (κ2) is 11.4. The minimum atomic E-state index is -1.24. The lowest BCUT2D eigenvalue weighted by atomic mass is 10.0. The average Bonchev–Trinajstić information content (AvgIpc) is 3.41. The van der Waals surface area contributed by atoms with Gasteiger partial charge in [0.05, 0.1) is 29.4 Å². The molecule has 3 heterocycles. The van der Waals surface area contributed by atoms with E-state index in [1.807, 2.05) is 10.6 Å². The number of hydrogen-bond donors (Lipinski definition) is 1. The molecule has 0 atom stereocenters. The van der Waals surface area contributed by atoms with E-state index in [0.29, 0.717) is 49.6 Å². The highest BCUT2D eigenvalue weighted by atomic mass is 35.5. The van der Waals surface area contributed by atoms with Gasteiger partial charge in [-0.3, -0.25) is 4.90 Å². The van der Waals surface area contributed by atoms with Crippen LogP contribution < -0.4 is 4.74 Å². The van der Waals surface area contributed by atoms with E-state index < -0.39 is 23.4 Å². The number of imidazole rings is 1. The summed E-state index contributed by atoms with van der Waals surface area (Å²) in [6.07, 6.45) is 4.00. The molecular formula is C31H25ClF3N5O3. The van der Waals surface area contributed by atoms with Crippen LogP contribution in [0.2, 0.25) is 5.02 Å². The number of fused-ring (bicyclic) bond motifs is 1. The Morgan fingerprint density at radius 2 is 1.91 bits per heavy atom. The largest absolute Gasteiger partial charge is 0.484 e. The van der Waals surface area contributed by atoms with Crippen molar-refractivity contribution < 1.29 is 27.8 Å². The second-order valence-corrected chi connectivity index (χ2v) is 11.4. The van der Waals surface area contributed by atoms with Crippen LogP contribution in [-0.4, -0.2) is 43.6 Å². The fourth-order valence-electron chi connectivity index (χ4n) is 5.34. The summed E-state index contributed by atoms with van der Waals surface area (Å²) >= 11 is 5.78. The molecule has 0 saturated heterocycles. The smallest absolute Gasteiger partial charge is 0.335 e. The SMILES string of the molecule is N#CCC1(Cn2c(CN3CC=C(c4ccc(F)c(COc5ccc(Cl)cc5F)n4)C3)nc3c(F)cc(C(=O)O)cc32)CC1. The Bertz CT molecular complexity index is 1830. The van der Waals surface area contributed by atoms with Gasteiger partial charge in [-0.15, -0.1) is 0 Å². The third kappa shape index (κ3) is 5.94. The number of nitrogens with zero attached hydrogens (tertiary/aromatic N) is 5. The van der Waals surface area contributed by atoms with Gasteiger partial charge in [0.25, 0.3) is 0 Å². The van der Waals surface area contributed by atoms with Gasteiger partial charge in [0, 0.05) is 36.5 Å². The van der Waals surface area contributed by atoms with Crippen molar-refractivity contribution >= 4 is 34.2 Å². The van der Waals surface area contributed by atoms with Crippen LogP contribution in [0.3, 0.4) is 0 Å². The van der Waals surface area contributed by atoms with Crippen molar-refractivity contribution in [2.24, 2.45) is 5.41 Å². The summed E-state index contributed by atoms with van der Waals surface area (Å²) in [5.74, 6) is -2.72. The monoisotopic (exact) mass is 607 g/mol. The van der Waals surface area contributed by atoms with Crippen molar-refractivity contribution in [2.45, 2.75) is 39.0 Å². The number of carbonyl (C=O) groups is 1. The first-order valence-corrected chi connectivity index (χ1v) is 14.0. The lowest BCUT2D eigenvalue weighted by Gasteiger charge is -2.20. The quantitative estimate of drug-likeness (QED) is 0.223. The van der Waals surface area contributed by atoms with Gasteiger partial charge < -0.3 is 14.4 Å². The van der Waals surface area contributed by atoms with Crippen molar-refractivity contribution in [1.82, 2.24) is 19.4 Å². The Morgan fingerprint density at radius 1 is 1.09 bits per heavy atom. The van der Waals surface area contributed by atoms with Gasteiger partial charge in [-0.2, -0.15) is 5.26 Å². The highest BCUT2D eigenvalue weighted by molar-refractivity contribution is 6.30. The molecule has 2 aromatic heterocycles. The van der Waals surface area contributed by atoms with Crippen molar-refractivity contribution in [3.05, 3.63) is 93.8 Å². The summed E-state index contributed by atoms with van der Waals surface area (Å²) in [4.78, 5) is 22.7. The van der Waals surface area contributed by atoms with E-state index in [1.54, 1.807) is 6.07 Å². The van der Waals surface area contributed by atoms with Crippen LogP contribution in [0.15, 0.2) is 48.5 Å². The van der Waals surface area contributed by atoms with Crippen LogP contribution >= 0.6 is 11.6 Å². The summed E-state index contributed by atoms with van der Waals surface area (Å²) in [5.41, 5.74) is 1.44. The van der Waals surface area contributed by atoms with Crippen LogP contribution in [-0.2, 0) is 19.7 Å². The van der Waals surface area contributed by atoms with Crippen molar-refractivity contribution in [2.75, 3.05) is 13.1 Å². The average molecular weight is 608 g/mol. The van der Waals surface area contributed by atoms with Gasteiger partial charge in [0.1, 0.15) is 29.5 Å². The molecule has 1 fully saturated rings. The van der Waals surface area contributed by atoms with Gasteiger partial charge in [-0.25, -0.2) is 27.9 Å². The number of ether oxygens (including phenoxy) is 1. The highest BCUT2D eigenvalue weighted by Gasteiger charge is 2.43. The predicted octanol–water partition coefficient (Wildman–Crippen LogP) is 6.37. The molecule has 43 heavy (non-hydrogen) atoms. The molecule has 220 valence electrons. The molecule has 0 unspecified atom stereocenters.